The Morgan fingerprint density at radius 2 is 1.64 bits per heavy atom. The third-order valence-electron chi connectivity index (χ3n) is 3.89. The minimum atomic E-state index is -0.654. The fourth-order valence-electron chi connectivity index (χ4n) is 2.59. The molecule has 0 aromatic heterocycles. The highest BCUT2D eigenvalue weighted by Gasteiger charge is 2.21. The summed E-state index contributed by atoms with van der Waals surface area (Å²) in [5.41, 5.74) is 0.399. The standard InChI is InChI=1S/C20H17Cl2NO2/c1-2-17(20(24)23-19-15(21)10-6-11-16(19)22)25-18-12-5-8-13-7-3-4-9-14(13)18/h3-12,17H,2H2,1H3,(H,23,24). The molecule has 25 heavy (non-hydrogen) atoms. The predicted octanol–water partition coefficient (Wildman–Crippen LogP) is 5.94. The van der Waals surface area contributed by atoms with E-state index in [-0.39, 0.29) is 5.91 Å². The SMILES string of the molecule is CCC(Oc1cccc2ccccc12)C(=O)Nc1c(Cl)cccc1Cl. The molecule has 1 N–H and O–H groups in total. The molecule has 0 heterocycles. The summed E-state index contributed by atoms with van der Waals surface area (Å²) in [7, 11) is 0. The number of halogens is 2. The highest BCUT2D eigenvalue weighted by atomic mass is 35.5. The average molecular weight is 374 g/mol. The lowest BCUT2D eigenvalue weighted by atomic mass is 10.1. The van der Waals surface area contributed by atoms with Crippen LogP contribution in [0.25, 0.3) is 10.8 Å². The van der Waals surface area contributed by atoms with Crippen LogP contribution >= 0.6 is 23.2 Å². The summed E-state index contributed by atoms with van der Waals surface area (Å²) in [6.45, 7) is 1.89. The van der Waals surface area contributed by atoms with Gasteiger partial charge in [-0.2, -0.15) is 0 Å². The normalized spacial score (nSPS) is 12.0. The van der Waals surface area contributed by atoms with Crippen molar-refractivity contribution in [2.75, 3.05) is 5.32 Å². The number of carbonyl (C=O) groups excluding carboxylic acids is 1. The Kier molecular flexibility index (Phi) is 5.47. The Balaban J connectivity index is 1.83. The van der Waals surface area contributed by atoms with Crippen molar-refractivity contribution < 1.29 is 9.53 Å². The third kappa shape index (κ3) is 3.89. The highest BCUT2D eigenvalue weighted by Crippen LogP contribution is 2.31. The second-order valence-electron chi connectivity index (χ2n) is 5.58. The number of ether oxygens (including phenoxy) is 1. The number of anilines is 1. The van der Waals surface area contributed by atoms with E-state index < -0.39 is 6.10 Å². The second kappa shape index (κ2) is 7.77. The van der Waals surface area contributed by atoms with Crippen molar-refractivity contribution in [2.45, 2.75) is 19.4 Å². The smallest absolute Gasteiger partial charge is 0.265 e. The molecule has 0 bridgehead atoms. The van der Waals surface area contributed by atoms with Crippen molar-refractivity contribution in [3.8, 4) is 5.75 Å². The number of hydrogen-bond donors (Lipinski definition) is 1. The van der Waals surface area contributed by atoms with Gasteiger partial charge >= 0.3 is 0 Å². The Morgan fingerprint density at radius 3 is 2.36 bits per heavy atom. The van der Waals surface area contributed by atoms with Crippen LogP contribution in [0.3, 0.4) is 0 Å². The molecular formula is C20H17Cl2NO2. The number of fused-ring (bicyclic) bond motifs is 1. The van der Waals surface area contributed by atoms with E-state index in [0.717, 1.165) is 10.8 Å². The fraction of sp³-hybridized carbons (Fsp3) is 0.150. The Bertz CT molecular complexity index is 886. The summed E-state index contributed by atoms with van der Waals surface area (Å²) in [6, 6.07) is 18.7. The molecule has 3 nitrogen and oxygen atoms in total. The largest absolute Gasteiger partial charge is 0.480 e. The van der Waals surface area contributed by atoms with Gasteiger partial charge in [0, 0.05) is 5.39 Å². The van der Waals surface area contributed by atoms with Crippen LogP contribution in [0.1, 0.15) is 13.3 Å². The van der Waals surface area contributed by atoms with Crippen LogP contribution in [0, 0.1) is 0 Å². The maximum Gasteiger partial charge on any atom is 0.265 e. The molecule has 128 valence electrons. The minimum Gasteiger partial charge on any atom is -0.480 e. The molecule has 0 aliphatic carbocycles. The topological polar surface area (TPSA) is 38.3 Å². The van der Waals surface area contributed by atoms with Crippen LogP contribution in [0.15, 0.2) is 60.7 Å². The monoisotopic (exact) mass is 373 g/mol. The van der Waals surface area contributed by atoms with Crippen LogP contribution < -0.4 is 10.1 Å². The molecular weight excluding hydrogens is 357 g/mol. The van der Waals surface area contributed by atoms with E-state index in [4.69, 9.17) is 27.9 Å². The Hall–Kier alpha value is -2.23. The molecule has 3 rings (SSSR count). The van der Waals surface area contributed by atoms with Crippen LogP contribution in [-0.4, -0.2) is 12.0 Å². The van der Waals surface area contributed by atoms with Gasteiger partial charge in [-0.1, -0.05) is 72.6 Å². The quantitative estimate of drug-likeness (QED) is 0.600. The summed E-state index contributed by atoms with van der Waals surface area (Å²) < 4.78 is 5.99. The molecule has 0 saturated carbocycles. The molecule has 3 aromatic carbocycles. The van der Waals surface area contributed by atoms with Crippen LogP contribution in [0.5, 0.6) is 5.75 Å². The first-order valence-corrected chi connectivity index (χ1v) is 8.75. The molecule has 1 unspecified atom stereocenters. The molecule has 0 spiro atoms. The van der Waals surface area contributed by atoms with Crippen LogP contribution in [0.2, 0.25) is 10.0 Å². The third-order valence-corrected chi connectivity index (χ3v) is 4.52. The molecule has 3 aromatic rings. The lowest BCUT2D eigenvalue weighted by Gasteiger charge is -2.19. The number of carbonyl (C=O) groups is 1. The zero-order valence-corrected chi connectivity index (χ0v) is 15.1. The zero-order chi connectivity index (χ0) is 17.8. The molecule has 0 radical (unpaired) electrons. The van der Waals surface area contributed by atoms with Gasteiger partial charge in [0.05, 0.1) is 15.7 Å². The summed E-state index contributed by atoms with van der Waals surface area (Å²) >= 11 is 12.2. The zero-order valence-electron chi connectivity index (χ0n) is 13.6. The average Bonchev–Trinajstić information content (AvgIpc) is 2.62. The Labute approximate surface area is 156 Å². The number of para-hydroxylation sites is 1. The highest BCUT2D eigenvalue weighted by molar-refractivity contribution is 6.39. The van der Waals surface area contributed by atoms with E-state index in [0.29, 0.717) is 27.9 Å². The fourth-order valence-corrected chi connectivity index (χ4v) is 3.09. The first kappa shape index (κ1) is 17.6. The van der Waals surface area contributed by atoms with Gasteiger partial charge in [-0.25, -0.2) is 0 Å². The van der Waals surface area contributed by atoms with Crippen molar-refractivity contribution >= 4 is 45.6 Å². The van der Waals surface area contributed by atoms with Gasteiger partial charge in [-0.05, 0) is 30.0 Å². The molecule has 5 heteroatoms. The van der Waals surface area contributed by atoms with E-state index in [1.807, 2.05) is 49.4 Å². The van der Waals surface area contributed by atoms with Gasteiger partial charge in [0.2, 0.25) is 0 Å². The first-order chi connectivity index (χ1) is 12.1. The van der Waals surface area contributed by atoms with Crippen molar-refractivity contribution in [1.82, 2.24) is 0 Å². The summed E-state index contributed by atoms with van der Waals surface area (Å²) in [6.07, 6.45) is -0.143. The van der Waals surface area contributed by atoms with Gasteiger partial charge in [0.15, 0.2) is 6.10 Å². The minimum absolute atomic E-state index is 0.287. The predicted molar refractivity (Wildman–Crippen MR) is 104 cm³/mol. The van der Waals surface area contributed by atoms with Crippen LogP contribution in [0.4, 0.5) is 5.69 Å². The van der Waals surface area contributed by atoms with E-state index >= 15 is 0 Å². The van der Waals surface area contributed by atoms with Gasteiger partial charge < -0.3 is 10.1 Å². The van der Waals surface area contributed by atoms with Crippen molar-refractivity contribution in [2.24, 2.45) is 0 Å². The van der Waals surface area contributed by atoms with E-state index in [1.54, 1.807) is 18.2 Å². The van der Waals surface area contributed by atoms with E-state index in [2.05, 4.69) is 5.32 Å². The molecule has 0 aliphatic heterocycles. The number of benzene rings is 3. The van der Waals surface area contributed by atoms with Gasteiger partial charge in [0.25, 0.3) is 5.91 Å². The number of amides is 1. The first-order valence-electron chi connectivity index (χ1n) is 7.99. The molecule has 1 atom stereocenters. The number of hydrogen-bond acceptors (Lipinski definition) is 2. The second-order valence-corrected chi connectivity index (χ2v) is 6.39. The lowest BCUT2D eigenvalue weighted by molar-refractivity contribution is -0.122. The molecule has 0 saturated heterocycles. The van der Waals surface area contributed by atoms with Crippen LogP contribution in [-0.2, 0) is 4.79 Å². The van der Waals surface area contributed by atoms with Gasteiger partial charge in [-0.3, -0.25) is 4.79 Å². The molecule has 0 aliphatic rings. The molecule has 1 amide bonds. The lowest BCUT2D eigenvalue weighted by Crippen LogP contribution is -2.32. The van der Waals surface area contributed by atoms with Crippen molar-refractivity contribution in [1.29, 1.82) is 0 Å². The molecule has 0 fully saturated rings. The van der Waals surface area contributed by atoms with Crippen molar-refractivity contribution in [3.05, 3.63) is 70.7 Å². The van der Waals surface area contributed by atoms with Gasteiger partial charge in [-0.15, -0.1) is 0 Å². The van der Waals surface area contributed by atoms with Crippen molar-refractivity contribution in [3.63, 3.8) is 0 Å². The summed E-state index contributed by atoms with van der Waals surface area (Å²) in [5, 5.41) is 5.57. The van der Waals surface area contributed by atoms with Gasteiger partial charge in [0.1, 0.15) is 5.75 Å². The van der Waals surface area contributed by atoms with E-state index in [9.17, 15) is 4.79 Å². The number of nitrogens with one attached hydrogen (secondary N) is 1. The summed E-state index contributed by atoms with van der Waals surface area (Å²) in [5.74, 6) is 0.385. The maximum atomic E-state index is 12.6. The number of rotatable bonds is 5. The summed E-state index contributed by atoms with van der Waals surface area (Å²) in [4.78, 5) is 12.6. The van der Waals surface area contributed by atoms with E-state index in [1.165, 1.54) is 0 Å². The Morgan fingerprint density at radius 1 is 1.00 bits per heavy atom. The maximum absolute atomic E-state index is 12.6.